The first-order valence-corrected chi connectivity index (χ1v) is 10.9. The number of aryl methyl sites for hydroxylation is 1. The molecule has 144 valence electrons. The summed E-state index contributed by atoms with van der Waals surface area (Å²) in [7, 11) is 0. The second-order valence-corrected chi connectivity index (χ2v) is 7.27. The van der Waals surface area contributed by atoms with Gasteiger partial charge in [-0.2, -0.15) is 0 Å². The van der Waals surface area contributed by atoms with Crippen LogP contribution in [0.2, 0.25) is 0 Å². The van der Waals surface area contributed by atoms with Crippen molar-refractivity contribution in [3.8, 4) is 0 Å². The van der Waals surface area contributed by atoms with Crippen molar-refractivity contribution >= 4 is 0 Å². The molecule has 2 heteroatoms. The van der Waals surface area contributed by atoms with E-state index in [1.54, 1.807) is 0 Å². The van der Waals surface area contributed by atoms with Crippen molar-refractivity contribution in [2.45, 2.75) is 84.0 Å². The summed E-state index contributed by atoms with van der Waals surface area (Å²) in [6.07, 6.45) is 16.1. The smallest absolute Gasteiger partial charge is 0.00489 e. The maximum atomic E-state index is 3.60. The average Bonchev–Trinajstić information content (AvgIpc) is 2.65. The molecule has 1 rings (SSSR count). The van der Waals surface area contributed by atoms with Crippen molar-refractivity contribution in [2.24, 2.45) is 0 Å². The first kappa shape index (κ1) is 22.2. The largest absolute Gasteiger partial charge is 0.317 e. The highest BCUT2D eigenvalue weighted by Gasteiger charge is 1.94. The summed E-state index contributed by atoms with van der Waals surface area (Å²) in [5, 5.41) is 7.13. The van der Waals surface area contributed by atoms with Gasteiger partial charge in [-0.15, -0.1) is 0 Å². The number of nitrogens with one attached hydrogen (secondary N) is 2. The zero-order valence-corrected chi connectivity index (χ0v) is 16.7. The number of rotatable bonds is 18. The van der Waals surface area contributed by atoms with E-state index in [4.69, 9.17) is 0 Å². The molecule has 2 N–H and O–H groups in total. The molecule has 2 nitrogen and oxygen atoms in total. The fourth-order valence-electron chi connectivity index (χ4n) is 3.16. The third kappa shape index (κ3) is 15.1. The van der Waals surface area contributed by atoms with Crippen LogP contribution in [-0.2, 0) is 6.42 Å². The van der Waals surface area contributed by atoms with Gasteiger partial charge in [0.15, 0.2) is 0 Å². The van der Waals surface area contributed by atoms with Crippen LogP contribution >= 0.6 is 0 Å². The van der Waals surface area contributed by atoms with Gasteiger partial charge in [0, 0.05) is 0 Å². The standard InChI is InChI=1S/C23H42N2/c1-2-3-19-24-20-13-6-4-5-7-14-21-25-22-15-9-12-18-23-16-10-8-11-17-23/h8,10-11,16-17,24-25H,2-7,9,12-15,18-22H2,1H3. The molecule has 0 radical (unpaired) electrons. The van der Waals surface area contributed by atoms with Crippen molar-refractivity contribution < 1.29 is 0 Å². The van der Waals surface area contributed by atoms with E-state index in [2.05, 4.69) is 47.9 Å². The minimum Gasteiger partial charge on any atom is -0.317 e. The van der Waals surface area contributed by atoms with Gasteiger partial charge in [-0.25, -0.2) is 0 Å². The normalized spacial score (nSPS) is 11.1. The molecule has 0 aliphatic rings. The lowest BCUT2D eigenvalue weighted by Crippen LogP contribution is -2.16. The molecule has 0 heterocycles. The maximum Gasteiger partial charge on any atom is -0.00489 e. The fourth-order valence-corrected chi connectivity index (χ4v) is 3.16. The molecule has 0 aromatic heterocycles. The Balaban J connectivity index is 1.69. The number of hydrogen-bond donors (Lipinski definition) is 2. The molecule has 0 bridgehead atoms. The van der Waals surface area contributed by atoms with Gasteiger partial charge in [-0.1, -0.05) is 75.8 Å². The topological polar surface area (TPSA) is 24.1 Å². The third-order valence-electron chi connectivity index (χ3n) is 4.83. The van der Waals surface area contributed by atoms with Gasteiger partial charge >= 0.3 is 0 Å². The van der Waals surface area contributed by atoms with E-state index in [0.29, 0.717) is 0 Å². The van der Waals surface area contributed by atoms with Crippen molar-refractivity contribution in [2.75, 3.05) is 26.2 Å². The SMILES string of the molecule is CCCCNCCCCCCCCNCCCCCc1ccccc1. The number of benzene rings is 1. The summed E-state index contributed by atoms with van der Waals surface area (Å²) in [6, 6.07) is 10.9. The van der Waals surface area contributed by atoms with Gasteiger partial charge in [-0.3, -0.25) is 0 Å². The molecule has 0 amide bonds. The Bertz CT molecular complexity index is 364. The van der Waals surface area contributed by atoms with Gasteiger partial charge in [0.1, 0.15) is 0 Å². The second kappa shape index (κ2) is 17.9. The Kier molecular flexibility index (Phi) is 15.9. The molecule has 0 saturated heterocycles. The summed E-state index contributed by atoms with van der Waals surface area (Å²) in [5.74, 6) is 0. The van der Waals surface area contributed by atoms with Crippen LogP contribution < -0.4 is 10.6 Å². The Labute approximate surface area is 157 Å². The predicted molar refractivity (Wildman–Crippen MR) is 112 cm³/mol. The molecule has 0 saturated carbocycles. The molecular weight excluding hydrogens is 304 g/mol. The Hall–Kier alpha value is -0.860. The first-order chi connectivity index (χ1) is 12.4. The first-order valence-electron chi connectivity index (χ1n) is 10.9. The quantitative estimate of drug-likeness (QED) is 0.332. The predicted octanol–water partition coefficient (Wildman–Crippen LogP) is 5.72. The van der Waals surface area contributed by atoms with Crippen LogP contribution in [-0.4, -0.2) is 26.2 Å². The molecule has 25 heavy (non-hydrogen) atoms. The number of unbranched alkanes of at least 4 members (excludes halogenated alkanes) is 8. The van der Waals surface area contributed by atoms with E-state index >= 15 is 0 Å². The van der Waals surface area contributed by atoms with E-state index in [-0.39, 0.29) is 0 Å². The van der Waals surface area contributed by atoms with E-state index in [1.165, 1.54) is 109 Å². The lowest BCUT2D eigenvalue weighted by Gasteiger charge is -2.06. The maximum absolute atomic E-state index is 3.60. The van der Waals surface area contributed by atoms with Gasteiger partial charge in [-0.05, 0) is 70.3 Å². The van der Waals surface area contributed by atoms with Crippen LogP contribution in [0.4, 0.5) is 0 Å². The zero-order chi connectivity index (χ0) is 17.8. The van der Waals surface area contributed by atoms with Crippen LogP contribution in [0.1, 0.15) is 83.1 Å². The monoisotopic (exact) mass is 346 g/mol. The molecule has 1 aromatic rings. The lowest BCUT2D eigenvalue weighted by molar-refractivity contribution is 0.538. The molecule has 0 fully saturated rings. The molecule has 0 aliphatic heterocycles. The van der Waals surface area contributed by atoms with Crippen LogP contribution in [0.25, 0.3) is 0 Å². The van der Waals surface area contributed by atoms with E-state index in [0.717, 1.165) is 0 Å². The molecular formula is C23H42N2. The van der Waals surface area contributed by atoms with E-state index in [1.807, 2.05) is 0 Å². The minimum absolute atomic E-state index is 1.19. The van der Waals surface area contributed by atoms with Gasteiger partial charge < -0.3 is 10.6 Å². The van der Waals surface area contributed by atoms with E-state index < -0.39 is 0 Å². The highest BCUT2D eigenvalue weighted by atomic mass is 14.8. The summed E-state index contributed by atoms with van der Waals surface area (Å²) in [4.78, 5) is 0. The Morgan fingerprint density at radius 2 is 1.04 bits per heavy atom. The summed E-state index contributed by atoms with van der Waals surface area (Å²) in [5.41, 5.74) is 1.48. The van der Waals surface area contributed by atoms with Crippen molar-refractivity contribution in [1.82, 2.24) is 10.6 Å². The molecule has 1 aromatic carbocycles. The highest BCUT2D eigenvalue weighted by Crippen LogP contribution is 2.06. The number of hydrogen-bond acceptors (Lipinski definition) is 2. The van der Waals surface area contributed by atoms with Gasteiger partial charge in [0.25, 0.3) is 0 Å². The minimum atomic E-state index is 1.19. The summed E-state index contributed by atoms with van der Waals surface area (Å²) < 4.78 is 0. The van der Waals surface area contributed by atoms with E-state index in [9.17, 15) is 0 Å². The lowest BCUT2D eigenvalue weighted by atomic mass is 10.1. The molecule has 0 unspecified atom stereocenters. The highest BCUT2D eigenvalue weighted by molar-refractivity contribution is 5.14. The van der Waals surface area contributed by atoms with Crippen LogP contribution in [0.5, 0.6) is 0 Å². The van der Waals surface area contributed by atoms with Crippen molar-refractivity contribution in [3.05, 3.63) is 35.9 Å². The Morgan fingerprint density at radius 3 is 1.60 bits per heavy atom. The zero-order valence-electron chi connectivity index (χ0n) is 16.7. The molecule has 0 spiro atoms. The molecule has 0 atom stereocenters. The Morgan fingerprint density at radius 1 is 0.560 bits per heavy atom. The second-order valence-electron chi connectivity index (χ2n) is 7.27. The van der Waals surface area contributed by atoms with Gasteiger partial charge in [0.05, 0.1) is 0 Å². The van der Waals surface area contributed by atoms with Crippen molar-refractivity contribution in [3.63, 3.8) is 0 Å². The van der Waals surface area contributed by atoms with Crippen LogP contribution in [0.3, 0.4) is 0 Å². The third-order valence-corrected chi connectivity index (χ3v) is 4.83. The van der Waals surface area contributed by atoms with Crippen molar-refractivity contribution in [1.29, 1.82) is 0 Å². The summed E-state index contributed by atoms with van der Waals surface area (Å²) in [6.45, 7) is 7.07. The average molecular weight is 347 g/mol. The fraction of sp³-hybridized carbons (Fsp3) is 0.739. The molecule has 0 aliphatic carbocycles. The van der Waals surface area contributed by atoms with Crippen LogP contribution in [0, 0.1) is 0 Å². The van der Waals surface area contributed by atoms with Gasteiger partial charge in [0.2, 0.25) is 0 Å². The van der Waals surface area contributed by atoms with Crippen LogP contribution in [0.15, 0.2) is 30.3 Å². The summed E-state index contributed by atoms with van der Waals surface area (Å²) >= 11 is 0.